The number of rotatable bonds is 4. The quantitative estimate of drug-likeness (QED) is 0.766. The zero-order chi connectivity index (χ0) is 17.6. The fourth-order valence-electron chi connectivity index (χ4n) is 2.68. The lowest BCUT2D eigenvalue weighted by molar-refractivity contribution is -0.130. The van der Waals surface area contributed by atoms with E-state index in [2.05, 4.69) is 26.2 Å². The van der Waals surface area contributed by atoms with Gasteiger partial charge in [-0.3, -0.25) is 9.59 Å². The number of anilines is 1. The number of likely N-dealkylation sites (tertiary alicyclic amines) is 1. The first-order valence-electron chi connectivity index (χ1n) is 8.03. The summed E-state index contributed by atoms with van der Waals surface area (Å²) in [5.74, 6) is 0.427. The Balaban J connectivity index is 1.48. The largest absolute Gasteiger partial charge is 0.339 e. The number of piperidine rings is 1. The van der Waals surface area contributed by atoms with Crippen molar-refractivity contribution in [1.29, 1.82) is 0 Å². The molecular formula is C18H18BrN3O2S. The van der Waals surface area contributed by atoms with Gasteiger partial charge in [0.1, 0.15) is 5.82 Å². The number of amides is 2. The molecule has 0 aromatic carbocycles. The van der Waals surface area contributed by atoms with E-state index in [4.69, 9.17) is 0 Å². The first-order chi connectivity index (χ1) is 12.1. The Morgan fingerprint density at radius 2 is 2.08 bits per heavy atom. The minimum atomic E-state index is -0.0876. The smallest absolute Gasteiger partial charge is 0.246 e. The summed E-state index contributed by atoms with van der Waals surface area (Å²) >= 11 is 4.92. The van der Waals surface area contributed by atoms with Crippen molar-refractivity contribution in [3.8, 4) is 0 Å². The predicted octanol–water partition coefficient (Wildman–Crippen LogP) is 3.80. The number of aromatic nitrogens is 1. The first kappa shape index (κ1) is 17.8. The van der Waals surface area contributed by atoms with Gasteiger partial charge in [-0.2, -0.15) is 11.3 Å². The lowest BCUT2D eigenvalue weighted by atomic mass is 9.96. The van der Waals surface area contributed by atoms with Crippen LogP contribution in [0.2, 0.25) is 0 Å². The van der Waals surface area contributed by atoms with Gasteiger partial charge in [0.2, 0.25) is 11.8 Å². The summed E-state index contributed by atoms with van der Waals surface area (Å²) in [6, 6.07) is 5.57. The second-order valence-corrected chi connectivity index (χ2v) is 7.54. The molecule has 3 rings (SSSR count). The Morgan fingerprint density at radius 3 is 2.72 bits per heavy atom. The monoisotopic (exact) mass is 419 g/mol. The second-order valence-electron chi connectivity index (χ2n) is 5.84. The third-order valence-electron chi connectivity index (χ3n) is 4.12. The van der Waals surface area contributed by atoms with Crippen LogP contribution in [0.1, 0.15) is 18.4 Å². The van der Waals surface area contributed by atoms with Crippen molar-refractivity contribution in [3.05, 3.63) is 51.3 Å². The molecule has 0 aliphatic carbocycles. The predicted molar refractivity (Wildman–Crippen MR) is 103 cm³/mol. The molecule has 5 nitrogen and oxygen atoms in total. The zero-order valence-corrected chi connectivity index (χ0v) is 15.9. The number of carbonyl (C=O) groups excluding carboxylic acids is 2. The molecule has 1 fully saturated rings. The van der Waals surface area contributed by atoms with Gasteiger partial charge in [0, 0.05) is 35.8 Å². The van der Waals surface area contributed by atoms with Crippen molar-refractivity contribution in [2.75, 3.05) is 18.4 Å². The van der Waals surface area contributed by atoms with E-state index in [1.807, 2.05) is 29.0 Å². The molecule has 1 aliphatic heterocycles. The third kappa shape index (κ3) is 4.99. The van der Waals surface area contributed by atoms with Gasteiger partial charge >= 0.3 is 0 Å². The van der Waals surface area contributed by atoms with Gasteiger partial charge in [-0.05, 0) is 69.4 Å². The number of hydrogen-bond donors (Lipinski definition) is 1. The van der Waals surface area contributed by atoms with Crippen LogP contribution in [0.3, 0.4) is 0 Å². The van der Waals surface area contributed by atoms with Crippen molar-refractivity contribution < 1.29 is 9.59 Å². The van der Waals surface area contributed by atoms with E-state index in [-0.39, 0.29) is 17.7 Å². The van der Waals surface area contributed by atoms with Crippen molar-refractivity contribution >= 4 is 51.0 Å². The van der Waals surface area contributed by atoms with Crippen LogP contribution in [0.4, 0.5) is 5.82 Å². The molecule has 0 atom stereocenters. The number of nitrogens with zero attached hydrogens (tertiary/aromatic N) is 2. The minimum Gasteiger partial charge on any atom is -0.339 e. The van der Waals surface area contributed by atoms with Gasteiger partial charge in [0.15, 0.2) is 0 Å². The third-order valence-corrected chi connectivity index (χ3v) is 5.29. The SMILES string of the molecule is O=C(Nc1ccc(Br)cn1)C1CCN(C(=O)/C=C/c2ccsc2)CC1. The van der Waals surface area contributed by atoms with Gasteiger partial charge in [0.25, 0.3) is 0 Å². The molecular weight excluding hydrogens is 402 g/mol. The minimum absolute atomic E-state index is 0.000339. The van der Waals surface area contributed by atoms with Gasteiger partial charge in [0.05, 0.1) is 0 Å². The van der Waals surface area contributed by atoms with Crippen molar-refractivity contribution in [1.82, 2.24) is 9.88 Å². The molecule has 0 radical (unpaired) electrons. The van der Waals surface area contributed by atoms with Crippen molar-refractivity contribution in [3.63, 3.8) is 0 Å². The Morgan fingerprint density at radius 1 is 1.28 bits per heavy atom. The summed E-state index contributed by atoms with van der Waals surface area (Å²) in [6.45, 7) is 1.19. The lowest BCUT2D eigenvalue weighted by Crippen LogP contribution is -2.40. The maximum atomic E-state index is 12.3. The van der Waals surface area contributed by atoms with Crippen LogP contribution >= 0.6 is 27.3 Å². The average molecular weight is 420 g/mol. The molecule has 7 heteroatoms. The number of thiophene rings is 1. The van der Waals surface area contributed by atoms with Gasteiger partial charge in [-0.25, -0.2) is 4.98 Å². The molecule has 1 saturated heterocycles. The zero-order valence-electron chi connectivity index (χ0n) is 13.5. The van der Waals surface area contributed by atoms with Gasteiger partial charge < -0.3 is 10.2 Å². The molecule has 0 bridgehead atoms. The Bertz CT molecular complexity index is 751. The number of hydrogen-bond acceptors (Lipinski definition) is 4. The summed E-state index contributed by atoms with van der Waals surface area (Å²) in [5.41, 5.74) is 1.04. The highest BCUT2D eigenvalue weighted by molar-refractivity contribution is 9.10. The standard InChI is InChI=1S/C18H18BrN3O2S/c19-15-2-3-16(20-11-15)21-18(24)14-5-8-22(9-6-14)17(23)4-1-13-7-10-25-12-13/h1-4,7,10-12,14H,5-6,8-9H2,(H,20,21,24)/b4-1+. The van der Waals surface area contributed by atoms with E-state index < -0.39 is 0 Å². The molecule has 2 aromatic rings. The van der Waals surface area contributed by atoms with Crippen molar-refractivity contribution in [2.45, 2.75) is 12.8 Å². The molecule has 0 spiro atoms. The fraction of sp³-hybridized carbons (Fsp3) is 0.278. The van der Waals surface area contributed by atoms with Crippen LogP contribution < -0.4 is 5.32 Å². The van der Waals surface area contributed by atoms with Gasteiger partial charge in [-0.15, -0.1) is 0 Å². The van der Waals surface area contributed by atoms with Crippen LogP contribution in [0.15, 0.2) is 45.7 Å². The van der Waals surface area contributed by atoms with Crippen LogP contribution in [0, 0.1) is 5.92 Å². The molecule has 1 N–H and O–H groups in total. The number of carbonyl (C=O) groups is 2. The van der Waals surface area contributed by atoms with E-state index >= 15 is 0 Å². The molecule has 25 heavy (non-hydrogen) atoms. The molecule has 130 valence electrons. The number of halogens is 1. The van der Waals surface area contributed by atoms with Gasteiger partial charge in [-0.1, -0.05) is 0 Å². The van der Waals surface area contributed by atoms with E-state index in [0.29, 0.717) is 31.7 Å². The highest BCUT2D eigenvalue weighted by Gasteiger charge is 2.26. The average Bonchev–Trinajstić information content (AvgIpc) is 3.15. The number of pyridine rings is 1. The Kier molecular flexibility index (Phi) is 5.99. The summed E-state index contributed by atoms with van der Waals surface area (Å²) in [4.78, 5) is 30.5. The Labute approximate surface area is 158 Å². The summed E-state index contributed by atoms with van der Waals surface area (Å²) in [6.07, 6.45) is 6.42. The van der Waals surface area contributed by atoms with Crippen molar-refractivity contribution in [2.24, 2.45) is 5.92 Å². The lowest BCUT2D eigenvalue weighted by Gasteiger charge is -2.30. The summed E-state index contributed by atoms with van der Waals surface area (Å²) in [5, 5.41) is 6.82. The maximum absolute atomic E-state index is 12.3. The number of nitrogens with one attached hydrogen (secondary N) is 1. The maximum Gasteiger partial charge on any atom is 0.246 e. The summed E-state index contributed by atoms with van der Waals surface area (Å²) < 4.78 is 0.868. The van der Waals surface area contributed by atoms with E-state index in [1.54, 1.807) is 34.6 Å². The first-order valence-corrected chi connectivity index (χ1v) is 9.77. The molecule has 2 amide bonds. The highest BCUT2D eigenvalue weighted by Crippen LogP contribution is 2.20. The molecule has 2 aromatic heterocycles. The normalized spacial score (nSPS) is 15.5. The second kappa shape index (κ2) is 8.40. The molecule has 0 saturated carbocycles. The van der Waals surface area contributed by atoms with E-state index in [1.165, 1.54) is 0 Å². The van der Waals surface area contributed by atoms with Crippen LogP contribution in [0.25, 0.3) is 6.08 Å². The fourth-order valence-corrected chi connectivity index (χ4v) is 3.55. The summed E-state index contributed by atoms with van der Waals surface area (Å²) in [7, 11) is 0. The molecule has 1 aliphatic rings. The topological polar surface area (TPSA) is 62.3 Å². The highest BCUT2D eigenvalue weighted by atomic mass is 79.9. The van der Waals surface area contributed by atoms with Crippen LogP contribution in [0.5, 0.6) is 0 Å². The van der Waals surface area contributed by atoms with Crippen LogP contribution in [-0.2, 0) is 9.59 Å². The Hall–Kier alpha value is -1.99. The molecule has 0 unspecified atom stereocenters. The molecule has 3 heterocycles. The van der Waals surface area contributed by atoms with E-state index in [9.17, 15) is 9.59 Å². The van der Waals surface area contributed by atoms with Crippen LogP contribution in [-0.4, -0.2) is 34.8 Å². The van der Waals surface area contributed by atoms with E-state index in [0.717, 1.165) is 10.0 Å².